The van der Waals surface area contributed by atoms with Gasteiger partial charge in [-0.3, -0.25) is 0 Å². The zero-order valence-corrected chi connectivity index (χ0v) is 19.7. The van der Waals surface area contributed by atoms with E-state index in [0.717, 1.165) is 29.0 Å². The third-order valence-electron chi connectivity index (χ3n) is 5.44. The van der Waals surface area contributed by atoms with E-state index in [4.69, 9.17) is 11.6 Å². The fraction of sp³-hybridized carbons (Fsp3) is 0.308. The van der Waals surface area contributed by atoms with E-state index in [1.165, 1.54) is 42.6 Å². The Morgan fingerprint density at radius 1 is 1.06 bits per heavy atom. The molecule has 2 aromatic carbocycles. The van der Waals surface area contributed by atoms with Crippen LogP contribution in [0.15, 0.2) is 88.8 Å². The number of halogens is 1. The van der Waals surface area contributed by atoms with Gasteiger partial charge in [0.25, 0.3) is 0 Å². The number of rotatable bonds is 10. The normalized spacial score (nSPS) is 16.5. The van der Waals surface area contributed by atoms with Crippen molar-refractivity contribution < 1.29 is 4.21 Å². The second-order valence-corrected chi connectivity index (χ2v) is 9.22. The quantitative estimate of drug-likeness (QED) is 0.456. The summed E-state index contributed by atoms with van der Waals surface area (Å²) in [6, 6.07) is 16.7. The summed E-state index contributed by atoms with van der Waals surface area (Å²) in [7, 11) is -1.27. The van der Waals surface area contributed by atoms with Gasteiger partial charge < -0.3 is 4.90 Å². The summed E-state index contributed by atoms with van der Waals surface area (Å²) < 4.78 is 15.7. The fourth-order valence-corrected chi connectivity index (χ4v) is 4.63. The van der Waals surface area contributed by atoms with Gasteiger partial charge in [0.2, 0.25) is 0 Å². The largest absolute Gasteiger partial charge is 0.303 e. The molecule has 0 saturated carbocycles. The molecule has 0 bridgehead atoms. The maximum Gasteiger partial charge on any atom is 0.125 e. The minimum atomic E-state index is -1.27. The molecule has 1 aliphatic rings. The molecule has 3 nitrogen and oxygen atoms in total. The van der Waals surface area contributed by atoms with E-state index in [-0.39, 0.29) is 0 Å². The molecule has 164 valence electrons. The van der Waals surface area contributed by atoms with Crippen molar-refractivity contribution in [3.05, 3.63) is 89.5 Å². The lowest BCUT2D eigenvalue weighted by Crippen LogP contribution is -2.21. The molecule has 1 saturated heterocycles. The predicted octanol–water partition coefficient (Wildman–Crippen LogP) is 5.86. The van der Waals surface area contributed by atoms with Crippen LogP contribution in [-0.2, 0) is 17.4 Å². The van der Waals surface area contributed by atoms with Crippen molar-refractivity contribution in [2.75, 3.05) is 26.2 Å². The monoisotopic (exact) mass is 454 g/mol. The minimum absolute atomic E-state index is 0.499. The Morgan fingerprint density at radius 2 is 1.71 bits per heavy atom. The van der Waals surface area contributed by atoms with Crippen LogP contribution < -0.4 is 4.72 Å². The Bertz CT molecular complexity index is 927. The molecule has 5 heteroatoms. The number of nitrogens with one attached hydrogen (secondary N) is 1. The highest BCUT2D eigenvalue weighted by Gasteiger charge is 2.11. The van der Waals surface area contributed by atoms with Gasteiger partial charge in [-0.2, -0.15) is 0 Å². The lowest BCUT2D eigenvalue weighted by Gasteiger charge is -2.14. The molecule has 1 fully saturated rings. The SMILES string of the molecule is C\C=C/C(=C\C=C\Cl)CNS(=O)c1ccc(-c2ccc(CCN3CCCC3)cc2)cc1. The van der Waals surface area contributed by atoms with Gasteiger partial charge in [-0.05, 0) is 73.7 Å². The minimum Gasteiger partial charge on any atom is -0.303 e. The van der Waals surface area contributed by atoms with Crippen LogP contribution in [0.1, 0.15) is 25.3 Å². The van der Waals surface area contributed by atoms with E-state index in [9.17, 15) is 4.21 Å². The van der Waals surface area contributed by atoms with Crippen LogP contribution in [0.2, 0.25) is 0 Å². The summed E-state index contributed by atoms with van der Waals surface area (Å²) in [5, 5.41) is 0. The van der Waals surface area contributed by atoms with E-state index < -0.39 is 11.0 Å². The van der Waals surface area contributed by atoms with E-state index in [1.54, 1.807) is 6.08 Å². The maximum absolute atomic E-state index is 12.6. The van der Waals surface area contributed by atoms with Gasteiger partial charge in [-0.15, -0.1) is 0 Å². The van der Waals surface area contributed by atoms with Crippen molar-refractivity contribution in [3.63, 3.8) is 0 Å². The first-order chi connectivity index (χ1) is 15.2. The highest BCUT2D eigenvalue weighted by atomic mass is 35.5. The Labute approximate surface area is 194 Å². The van der Waals surface area contributed by atoms with E-state index in [0.29, 0.717) is 6.54 Å². The molecule has 2 aromatic rings. The third-order valence-corrected chi connectivity index (χ3v) is 6.69. The van der Waals surface area contributed by atoms with Crippen LogP contribution in [0.4, 0.5) is 0 Å². The second-order valence-electron chi connectivity index (χ2n) is 7.67. The summed E-state index contributed by atoms with van der Waals surface area (Å²) in [4.78, 5) is 3.31. The molecule has 31 heavy (non-hydrogen) atoms. The van der Waals surface area contributed by atoms with E-state index >= 15 is 0 Å². The molecule has 0 spiro atoms. The Hall–Kier alpha value is -1.98. The highest BCUT2D eigenvalue weighted by Crippen LogP contribution is 2.22. The fourth-order valence-electron chi connectivity index (χ4n) is 3.71. The third kappa shape index (κ3) is 7.58. The van der Waals surface area contributed by atoms with Crippen LogP contribution >= 0.6 is 11.6 Å². The number of likely N-dealkylation sites (tertiary alicyclic amines) is 1. The van der Waals surface area contributed by atoms with Gasteiger partial charge in [0.15, 0.2) is 0 Å². The van der Waals surface area contributed by atoms with Crippen LogP contribution in [-0.4, -0.2) is 35.3 Å². The molecular formula is C26H31ClN2OS. The van der Waals surface area contributed by atoms with Gasteiger partial charge in [0.05, 0.1) is 4.90 Å². The number of hydrogen-bond donors (Lipinski definition) is 1. The molecule has 1 aliphatic heterocycles. The van der Waals surface area contributed by atoms with Gasteiger partial charge >= 0.3 is 0 Å². The van der Waals surface area contributed by atoms with Crippen LogP contribution in [0.3, 0.4) is 0 Å². The first-order valence-corrected chi connectivity index (χ1v) is 12.4. The first-order valence-electron chi connectivity index (χ1n) is 10.8. The van der Waals surface area contributed by atoms with Gasteiger partial charge in [-0.1, -0.05) is 72.3 Å². The number of allylic oxidation sites excluding steroid dienone is 3. The lowest BCUT2D eigenvalue weighted by atomic mass is 10.0. The van der Waals surface area contributed by atoms with Crippen molar-refractivity contribution in [2.24, 2.45) is 0 Å². The molecule has 1 unspecified atom stereocenters. The second kappa shape index (κ2) is 12.8. The predicted molar refractivity (Wildman–Crippen MR) is 134 cm³/mol. The number of nitrogens with zero attached hydrogens (tertiary/aromatic N) is 1. The Morgan fingerprint density at radius 3 is 2.32 bits per heavy atom. The van der Waals surface area contributed by atoms with Gasteiger partial charge in [0.1, 0.15) is 11.0 Å². The first kappa shape index (κ1) is 23.7. The Balaban J connectivity index is 1.55. The zero-order chi connectivity index (χ0) is 21.9. The average Bonchev–Trinajstić information content (AvgIpc) is 3.33. The summed E-state index contributed by atoms with van der Waals surface area (Å²) >= 11 is 5.59. The van der Waals surface area contributed by atoms with Crippen molar-refractivity contribution in [1.29, 1.82) is 0 Å². The standard InChI is InChI=1S/C26H31ClN2OS/c1-2-6-23(7-5-17-27)21-28-31(30)26-14-12-25(13-15-26)24-10-8-22(9-11-24)16-20-29-18-3-4-19-29/h2,5-15,17,28H,3-4,16,18-21H2,1H3/b6-2-,17-5+,23-7+. The molecule has 0 radical (unpaired) electrons. The lowest BCUT2D eigenvalue weighted by molar-refractivity contribution is 0.343. The molecule has 1 atom stereocenters. The van der Waals surface area contributed by atoms with Crippen LogP contribution in [0.5, 0.6) is 0 Å². The number of benzene rings is 2. The topological polar surface area (TPSA) is 32.3 Å². The van der Waals surface area contributed by atoms with Crippen LogP contribution in [0, 0.1) is 0 Å². The average molecular weight is 455 g/mol. The zero-order valence-electron chi connectivity index (χ0n) is 18.1. The molecular weight excluding hydrogens is 424 g/mol. The molecule has 0 amide bonds. The van der Waals surface area contributed by atoms with Gasteiger partial charge in [-0.25, -0.2) is 8.93 Å². The molecule has 1 heterocycles. The van der Waals surface area contributed by atoms with Crippen molar-refractivity contribution in [3.8, 4) is 11.1 Å². The van der Waals surface area contributed by atoms with Crippen molar-refractivity contribution in [2.45, 2.75) is 31.1 Å². The molecule has 1 N–H and O–H groups in total. The Kier molecular flexibility index (Phi) is 9.76. The van der Waals surface area contributed by atoms with E-state index in [2.05, 4.69) is 33.9 Å². The van der Waals surface area contributed by atoms with Gasteiger partial charge in [0, 0.05) is 18.6 Å². The van der Waals surface area contributed by atoms with Crippen LogP contribution in [0.25, 0.3) is 11.1 Å². The highest BCUT2D eigenvalue weighted by molar-refractivity contribution is 7.83. The summed E-state index contributed by atoms with van der Waals surface area (Å²) in [6.45, 7) is 6.10. The van der Waals surface area contributed by atoms with E-state index in [1.807, 2.05) is 49.4 Å². The summed E-state index contributed by atoms with van der Waals surface area (Å²) in [5.74, 6) is 0. The van der Waals surface area contributed by atoms with Crippen molar-refractivity contribution >= 4 is 22.6 Å². The van der Waals surface area contributed by atoms with Crippen molar-refractivity contribution in [1.82, 2.24) is 9.62 Å². The smallest absolute Gasteiger partial charge is 0.125 e. The molecule has 3 rings (SSSR count). The molecule has 0 aromatic heterocycles. The summed E-state index contributed by atoms with van der Waals surface area (Å²) in [6.07, 6.45) is 11.4. The molecule has 0 aliphatic carbocycles. The summed E-state index contributed by atoms with van der Waals surface area (Å²) in [5.41, 5.74) is 6.16. The maximum atomic E-state index is 12.6. The number of hydrogen-bond acceptors (Lipinski definition) is 2.